The number of rotatable bonds is 20. The topological polar surface area (TPSA) is 60.7 Å². The summed E-state index contributed by atoms with van der Waals surface area (Å²) in [5.74, 6) is 0. The van der Waals surface area contributed by atoms with Gasteiger partial charge in [0.2, 0.25) is 0 Å². The van der Waals surface area contributed by atoms with Crippen LogP contribution < -0.4 is 5.30 Å². The highest BCUT2D eigenvalue weighted by Gasteiger charge is 2.42. The maximum Gasteiger partial charge on any atom is 0.442 e. The van der Waals surface area contributed by atoms with E-state index in [1.807, 2.05) is 42.5 Å². The molecule has 3 N–H and O–H groups in total. The molecule has 0 aliphatic heterocycles. The maximum absolute atomic E-state index is 11.2. The van der Waals surface area contributed by atoms with Crippen LogP contribution in [0.5, 0.6) is 0 Å². The summed E-state index contributed by atoms with van der Waals surface area (Å²) in [4.78, 5) is 33.6. The Morgan fingerprint density at radius 2 is 0.848 bits per heavy atom. The highest BCUT2D eigenvalue weighted by Crippen LogP contribution is 2.52. The van der Waals surface area contributed by atoms with Crippen molar-refractivity contribution < 1.29 is 14.7 Å². The number of hydrogen-bond donors (Lipinski definition) is 3. The van der Waals surface area contributed by atoms with Crippen molar-refractivity contribution in [2.24, 2.45) is 0 Å². The first kappa shape index (κ1) is 36.0. The zero-order valence-electron chi connectivity index (χ0n) is 28.3. The average Bonchev–Trinajstić information content (AvgIpc) is 3.07. The number of benzene rings is 4. The third-order valence-corrected chi connectivity index (χ3v) is 10.3. The normalized spacial score (nSPS) is 11.7. The fourth-order valence-corrected chi connectivity index (χ4v) is 7.85. The van der Waals surface area contributed by atoms with Crippen molar-refractivity contribution in [3.05, 3.63) is 102 Å². The number of hydrogen-bond acceptors (Lipinski definition) is 3. The van der Waals surface area contributed by atoms with Gasteiger partial charge in [0.25, 0.3) is 0 Å². The fourth-order valence-electron chi connectivity index (χ4n) is 6.78. The van der Waals surface area contributed by atoms with Crippen LogP contribution in [0.4, 0.5) is 0 Å². The molecule has 0 radical (unpaired) electrons. The van der Waals surface area contributed by atoms with Crippen LogP contribution in [-0.4, -0.2) is 14.7 Å². The Balaban J connectivity index is 1.77. The summed E-state index contributed by atoms with van der Waals surface area (Å²) in [5.41, 5.74) is 7.73. The molecule has 0 aliphatic rings. The summed E-state index contributed by atoms with van der Waals surface area (Å²) >= 11 is 0. The van der Waals surface area contributed by atoms with Crippen LogP contribution >= 0.6 is 7.94 Å². The van der Waals surface area contributed by atoms with Crippen molar-refractivity contribution in [2.45, 2.75) is 117 Å². The molecule has 0 saturated carbocycles. The van der Waals surface area contributed by atoms with Crippen LogP contribution in [-0.2, 0) is 12.8 Å². The lowest BCUT2D eigenvalue weighted by molar-refractivity contribution is 0.347. The Hall–Kier alpha value is -2.81. The zero-order valence-corrected chi connectivity index (χ0v) is 29.2. The predicted octanol–water partition coefficient (Wildman–Crippen LogP) is 11.6. The monoisotopic (exact) mass is 639 g/mol. The van der Waals surface area contributed by atoms with Crippen LogP contribution in [0.25, 0.3) is 33.4 Å². The van der Waals surface area contributed by atoms with Gasteiger partial charge in [0, 0.05) is 11.1 Å². The van der Waals surface area contributed by atoms with Gasteiger partial charge in [0.05, 0.1) is 0 Å². The van der Waals surface area contributed by atoms with Gasteiger partial charge >= 0.3 is 7.94 Å². The largest absolute Gasteiger partial charge is 0.442 e. The first-order chi connectivity index (χ1) is 22.5. The highest BCUT2D eigenvalue weighted by molar-refractivity contribution is 7.67. The standard InChI is InChI=1S/C42H56O3P/c1-3-5-7-9-11-13-16-24-34-28-20-22-30-37(34)40-33-32-39(36-26-18-15-19-27-36)42(46(43,44)45)41(40)38-31-23-21-29-35(38)25-17-14-12-10-8-6-4-2/h15,18-23,26-33,43-45H,3-14,16-17,24-25H2,1-2H3/q+1. The van der Waals surface area contributed by atoms with Crippen molar-refractivity contribution in [3.8, 4) is 33.4 Å². The summed E-state index contributed by atoms with van der Waals surface area (Å²) in [6.07, 6.45) is 19.3. The second-order valence-corrected chi connectivity index (χ2v) is 14.5. The molecule has 0 amide bonds. The molecule has 4 aromatic rings. The van der Waals surface area contributed by atoms with Gasteiger partial charge in [0.15, 0.2) is 5.30 Å². The molecule has 0 saturated heterocycles. The lowest BCUT2D eigenvalue weighted by atomic mass is 9.85. The van der Waals surface area contributed by atoms with Crippen LogP contribution in [0.15, 0.2) is 91.0 Å². The lowest BCUT2D eigenvalue weighted by Gasteiger charge is -2.22. The summed E-state index contributed by atoms with van der Waals surface area (Å²) in [5, 5.41) is 0.244. The van der Waals surface area contributed by atoms with Crippen molar-refractivity contribution in [1.82, 2.24) is 0 Å². The molecule has 0 aliphatic carbocycles. The quantitative estimate of drug-likeness (QED) is 0.0666. The number of unbranched alkanes of at least 4 members (excludes halogenated alkanes) is 12. The van der Waals surface area contributed by atoms with E-state index in [2.05, 4.69) is 62.4 Å². The predicted molar refractivity (Wildman–Crippen MR) is 199 cm³/mol. The minimum atomic E-state index is -4.44. The molecule has 3 nitrogen and oxygen atoms in total. The van der Waals surface area contributed by atoms with Crippen molar-refractivity contribution in [1.29, 1.82) is 0 Å². The fraction of sp³-hybridized carbons (Fsp3) is 0.429. The highest BCUT2D eigenvalue weighted by atomic mass is 31.2. The first-order valence-corrected chi connectivity index (χ1v) is 19.6. The molecule has 0 atom stereocenters. The van der Waals surface area contributed by atoms with Crippen molar-refractivity contribution in [3.63, 3.8) is 0 Å². The molecule has 0 fully saturated rings. The molecule has 0 spiro atoms. The molecule has 4 rings (SSSR count). The molecule has 0 aromatic heterocycles. The van der Waals surface area contributed by atoms with Gasteiger partial charge in [-0.25, -0.2) is 0 Å². The molecule has 4 aromatic carbocycles. The Labute approximate surface area is 279 Å². The van der Waals surface area contributed by atoms with Crippen LogP contribution in [0.3, 0.4) is 0 Å². The smallest absolute Gasteiger partial charge is 0.189 e. The Morgan fingerprint density at radius 1 is 0.413 bits per heavy atom. The van der Waals surface area contributed by atoms with E-state index in [1.165, 1.54) is 88.2 Å². The summed E-state index contributed by atoms with van der Waals surface area (Å²) in [6.45, 7) is 4.51. The van der Waals surface area contributed by atoms with E-state index in [1.54, 1.807) is 0 Å². The Morgan fingerprint density at radius 3 is 1.39 bits per heavy atom. The summed E-state index contributed by atoms with van der Waals surface area (Å²) in [6, 6.07) is 30.8. The molecular weight excluding hydrogens is 583 g/mol. The Bertz CT molecular complexity index is 1460. The molecule has 246 valence electrons. The van der Waals surface area contributed by atoms with E-state index in [4.69, 9.17) is 0 Å². The molecule has 46 heavy (non-hydrogen) atoms. The van der Waals surface area contributed by atoms with E-state index >= 15 is 0 Å². The van der Waals surface area contributed by atoms with E-state index < -0.39 is 7.94 Å². The minimum absolute atomic E-state index is 0.244. The van der Waals surface area contributed by atoms with E-state index in [0.717, 1.165) is 53.5 Å². The van der Waals surface area contributed by atoms with Crippen molar-refractivity contribution in [2.75, 3.05) is 0 Å². The van der Waals surface area contributed by atoms with Gasteiger partial charge in [-0.05, 0) is 65.1 Å². The third kappa shape index (κ3) is 10.3. The van der Waals surface area contributed by atoms with E-state index in [9.17, 15) is 14.7 Å². The maximum atomic E-state index is 11.2. The van der Waals surface area contributed by atoms with Crippen molar-refractivity contribution >= 4 is 13.2 Å². The average molecular weight is 640 g/mol. The van der Waals surface area contributed by atoms with Gasteiger partial charge in [-0.1, -0.05) is 176 Å². The molecule has 0 heterocycles. The second-order valence-electron chi connectivity index (χ2n) is 12.9. The van der Waals surface area contributed by atoms with Crippen LogP contribution in [0.1, 0.15) is 115 Å². The summed E-state index contributed by atoms with van der Waals surface area (Å²) < 4.78 is 0. The molecular formula is C42H56O3P+. The molecule has 0 unspecified atom stereocenters. The number of aryl methyl sites for hydroxylation is 2. The van der Waals surface area contributed by atoms with E-state index in [0.29, 0.717) is 5.56 Å². The van der Waals surface area contributed by atoms with Gasteiger partial charge in [-0.3, -0.25) is 0 Å². The third-order valence-electron chi connectivity index (χ3n) is 9.26. The first-order valence-electron chi connectivity index (χ1n) is 17.9. The minimum Gasteiger partial charge on any atom is -0.189 e. The lowest BCUT2D eigenvalue weighted by Crippen LogP contribution is -2.18. The van der Waals surface area contributed by atoms with Gasteiger partial charge < -0.3 is 0 Å². The van der Waals surface area contributed by atoms with Gasteiger partial charge in [-0.15, -0.1) is 0 Å². The second kappa shape index (κ2) is 19.1. The summed E-state index contributed by atoms with van der Waals surface area (Å²) in [7, 11) is -4.44. The van der Waals surface area contributed by atoms with Crippen LogP contribution in [0.2, 0.25) is 0 Å². The van der Waals surface area contributed by atoms with E-state index in [-0.39, 0.29) is 5.30 Å². The Kier molecular flexibility index (Phi) is 15.0. The zero-order chi connectivity index (χ0) is 32.6. The molecule has 4 heteroatoms. The van der Waals surface area contributed by atoms with Gasteiger partial charge in [-0.2, -0.15) is 14.7 Å². The molecule has 0 bridgehead atoms. The van der Waals surface area contributed by atoms with Gasteiger partial charge in [0.1, 0.15) is 0 Å². The van der Waals surface area contributed by atoms with Crippen LogP contribution in [0, 0.1) is 0 Å². The SMILES string of the molecule is CCCCCCCCCc1ccccc1-c1ccc(-c2ccccc2)c([P+](O)(O)O)c1-c1ccccc1CCCCCCCCC.